The first-order valence-corrected chi connectivity index (χ1v) is 6.77. The zero-order valence-electron chi connectivity index (χ0n) is 9.98. The molecular formula is C14H19NOS. The molecule has 1 aromatic carbocycles. The molecule has 0 aromatic heterocycles. The van der Waals surface area contributed by atoms with Crippen molar-refractivity contribution in [2.75, 3.05) is 5.32 Å². The molecule has 1 aliphatic rings. The molecule has 1 amide bonds. The van der Waals surface area contributed by atoms with Gasteiger partial charge in [0.05, 0.1) is 0 Å². The number of hydrogen-bond donors (Lipinski definition) is 2. The average molecular weight is 249 g/mol. The van der Waals surface area contributed by atoms with Crippen molar-refractivity contribution in [3.63, 3.8) is 0 Å². The van der Waals surface area contributed by atoms with E-state index in [0.717, 1.165) is 10.6 Å². The number of amides is 1. The van der Waals surface area contributed by atoms with Gasteiger partial charge in [-0.25, -0.2) is 0 Å². The van der Waals surface area contributed by atoms with Crippen LogP contribution in [0.25, 0.3) is 0 Å². The molecule has 3 heteroatoms. The molecule has 17 heavy (non-hydrogen) atoms. The zero-order chi connectivity index (χ0) is 12.1. The van der Waals surface area contributed by atoms with Crippen LogP contribution >= 0.6 is 12.6 Å². The van der Waals surface area contributed by atoms with E-state index in [0.29, 0.717) is 12.3 Å². The molecule has 0 unspecified atom stereocenters. The van der Waals surface area contributed by atoms with Gasteiger partial charge in [0.2, 0.25) is 5.91 Å². The maximum atomic E-state index is 11.8. The number of nitrogens with one attached hydrogen (secondary N) is 1. The lowest BCUT2D eigenvalue weighted by atomic mass is 9.87. The summed E-state index contributed by atoms with van der Waals surface area (Å²) in [7, 11) is 0. The van der Waals surface area contributed by atoms with Gasteiger partial charge in [0.15, 0.2) is 0 Å². The minimum Gasteiger partial charge on any atom is -0.326 e. The third kappa shape index (κ3) is 4.08. The maximum absolute atomic E-state index is 11.8. The molecule has 92 valence electrons. The van der Waals surface area contributed by atoms with Gasteiger partial charge < -0.3 is 5.32 Å². The van der Waals surface area contributed by atoms with Crippen molar-refractivity contribution >= 4 is 24.2 Å². The zero-order valence-corrected chi connectivity index (χ0v) is 10.9. The van der Waals surface area contributed by atoms with Gasteiger partial charge in [0.1, 0.15) is 0 Å². The Balaban J connectivity index is 1.82. The summed E-state index contributed by atoms with van der Waals surface area (Å²) in [4.78, 5) is 12.7. The molecule has 1 aliphatic carbocycles. The molecule has 1 N–H and O–H groups in total. The van der Waals surface area contributed by atoms with E-state index in [1.54, 1.807) is 0 Å². The molecule has 0 saturated heterocycles. The summed E-state index contributed by atoms with van der Waals surface area (Å²) < 4.78 is 0. The summed E-state index contributed by atoms with van der Waals surface area (Å²) in [6.45, 7) is 0. The van der Waals surface area contributed by atoms with E-state index < -0.39 is 0 Å². The van der Waals surface area contributed by atoms with E-state index in [1.165, 1.54) is 32.1 Å². The number of hydrogen-bond acceptors (Lipinski definition) is 2. The molecule has 0 spiro atoms. The smallest absolute Gasteiger partial charge is 0.224 e. The number of rotatable bonds is 3. The van der Waals surface area contributed by atoms with Gasteiger partial charge >= 0.3 is 0 Å². The first-order chi connectivity index (χ1) is 8.24. The van der Waals surface area contributed by atoms with Crippen molar-refractivity contribution < 1.29 is 4.79 Å². The molecule has 0 heterocycles. The monoisotopic (exact) mass is 249 g/mol. The number of thiol groups is 1. The van der Waals surface area contributed by atoms with Gasteiger partial charge in [-0.3, -0.25) is 4.79 Å². The van der Waals surface area contributed by atoms with Crippen LogP contribution in [0.2, 0.25) is 0 Å². The standard InChI is InChI=1S/C14H19NOS/c16-14(10-11-4-2-1-3-5-11)15-12-6-8-13(17)9-7-12/h6-9,11,17H,1-5,10H2,(H,15,16). The Labute approximate surface area is 108 Å². The van der Waals surface area contributed by atoms with Crippen LogP contribution < -0.4 is 5.32 Å². The highest BCUT2D eigenvalue weighted by atomic mass is 32.1. The normalized spacial score (nSPS) is 16.8. The van der Waals surface area contributed by atoms with Gasteiger partial charge in [0.25, 0.3) is 0 Å². The third-order valence-corrected chi connectivity index (χ3v) is 3.65. The van der Waals surface area contributed by atoms with Crippen molar-refractivity contribution in [3.05, 3.63) is 24.3 Å². The second-order valence-corrected chi connectivity index (χ2v) is 5.32. The molecule has 2 nitrogen and oxygen atoms in total. The number of carbonyl (C=O) groups excluding carboxylic acids is 1. The van der Waals surface area contributed by atoms with E-state index in [9.17, 15) is 4.79 Å². The highest BCUT2D eigenvalue weighted by molar-refractivity contribution is 7.80. The van der Waals surface area contributed by atoms with Crippen LogP contribution in [0.1, 0.15) is 38.5 Å². The molecule has 1 aromatic rings. The summed E-state index contributed by atoms with van der Waals surface area (Å²) in [6.07, 6.45) is 6.99. The lowest BCUT2D eigenvalue weighted by Gasteiger charge is -2.20. The van der Waals surface area contributed by atoms with Crippen LogP contribution in [0.3, 0.4) is 0 Å². The molecule has 0 radical (unpaired) electrons. The topological polar surface area (TPSA) is 29.1 Å². The average Bonchev–Trinajstić information content (AvgIpc) is 2.33. The molecular weight excluding hydrogens is 230 g/mol. The van der Waals surface area contributed by atoms with Gasteiger partial charge in [-0.05, 0) is 43.0 Å². The van der Waals surface area contributed by atoms with Gasteiger partial charge in [0, 0.05) is 17.0 Å². The Morgan fingerprint density at radius 1 is 1.18 bits per heavy atom. The van der Waals surface area contributed by atoms with Crippen molar-refractivity contribution in [1.82, 2.24) is 0 Å². The van der Waals surface area contributed by atoms with Gasteiger partial charge in [-0.2, -0.15) is 0 Å². The Kier molecular flexibility index (Phi) is 4.49. The van der Waals surface area contributed by atoms with E-state index in [1.807, 2.05) is 24.3 Å². The Bertz CT molecular complexity index is 368. The molecule has 0 aliphatic heterocycles. The Morgan fingerprint density at radius 2 is 1.82 bits per heavy atom. The van der Waals surface area contributed by atoms with Crippen molar-refractivity contribution in [1.29, 1.82) is 0 Å². The van der Waals surface area contributed by atoms with Crippen molar-refractivity contribution in [3.8, 4) is 0 Å². The minimum absolute atomic E-state index is 0.142. The summed E-state index contributed by atoms with van der Waals surface area (Å²) >= 11 is 4.22. The van der Waals surface area contributed by atoms with E-state index >= 15 is 0 Å². The van der Waals surface area contributed by atoms with Crippen molar-refractivity contribution in [2.45, 2.75) is 43.4 Å². The van der Waals surface area contributed by atoms with E-state index in [4.69, 9.17) is 0 Å². The second-order valence-electron chi connectivity index (χ2n) is 4.80. The predicted molar refractivity (Wildman–Crippen MR) is 73.5 cm³/mol. The highest BCUT2D eigenvalue weighted by Crippen LogP contribution is 2.26. The van der Waals surface area contributed by atoms with Crippen LogP contribution in [-0.4, -0.2) is 5.91 Å². The van der Waals surface area contributed by atoms with E-state index in [2.05, 4.69) is 17.9 Å². The number of benzene rings is 1. The van der Waals surface area contributed by atoms with Crippen LogP contribution in [0, 0.1) is 5.92 Å². The first-order valence-electron chi connectivity index (χ1n) is 6.33. The maximum Gasteiger partial charge on any atom is 0.224 e. The summed E-state index contributed by atoms with van der Waals surface area (Å²) in [5.41, 5.74) is 0.864. The lowest BCUT2D eigenvalue weighted by molar-refractivity contribution is -0.117. The number of carbonyl (C=O) groups is 1. The number of anilines is 1. The third-order valence-electron chi connectivity index (χ3n) is 3.35. The highest BCUT2D eigenvalue weighted by Gasteiger charge is 2.16. The van der Waals surface area contributed by atoms with Crippen LogP contribution in [-0.2, 0) is 4.79 Å². The Morgan fingerprint density at radius 3 is 2.47 bits per heavy atom. The van der Waals surface area contributed by atoms with Crippen LogP contribution in [0.5, 0.6) is 0 Å². The largest absolute Gasteiger partial charge is 0.326 e. The quantitative estimate of drug-likeness (QED) is 0.782. The summed E-state index contributed by atoms with van der Waals surface area (Å²) in [5.74, 6) is 0.733. The molecule has 2 rings (SSSR count). The Hall–Kier alpha value is -0.960. The fraction of sp³-hybridized carbons (Fsp3) is 0.500. The molecule has 0 bridgehead atoms. The lowest BCUT2D eigenvalue weighted by Crippen LogP contribution is -2.18. The second kappa shape index (κ2) is 6.10. The SMILES string of the molecule is O=C(CC1CCCCC1)Nc1ccc(S)cc1. The predicted octanol–water partition coefficient (Wildman–Crippen LogP) is 3.88. The fourth-order valence-electron chi connectivity index (χ4n) is 2.41. The van der Waals surface area contributed by atoms with Gasteiger partial charge in [-0.1, -0.05) is 19.3 Å². The summed E-state index contributed by atoms with van der Waals surface area (Å²) in [5, 5.41) is 2.94. The fourth-order valence-corrected chi connectivity index (χ4v) is 2.56. The first kappa shape index (κ1) is 12.5. The molecule has 1 saturated carbocycles. The summed E-state index contributed by atoms with van der Waals surface area (Å²) in [6, 6.07) is 7.56. The van der Waals surface area contributed by atoms with E-state index in [-0.39, 0.29) is 5.91 Å². The minimum atomic E-state index is 0.142. The van der Waals surface area contributed by atoms with Crippen LogP contribution in [0.15, 0.2) is 29.2 Å². The molecule has 0 atom stereocenters. The van der Waals surface area contributed by atoms with Crippen LogP contribution in [0.4, 0.5) is 5.69 Å². The van der Waals surface area contributed by atoms with Gasteiger partial charge in [-0.15, -0.1) is 12.6 Å². The van der Waals surface area contributed by atoms with Crippen molar-refractivity contribution in [2.24, 2.45) is 5.92 Å². The molecule has 1 fully saturated rings.